The molecule has 0 saturated heterocycles. The van der Waals surface area contributed by atoms with Gasteiger partial charge in [0.25, 0.3) is 0 Å². The number of halogens is 2. The molecule has 2 aromatic rings. The molecule has 0 radical (unpaired) electrons. The van der Waals surface area contributed by atoms with E-state index in [0.29, 0.717) is 34.5 Å². The van der Waals surface area contributed by atoms with E-state index in [0.717, 1.165) is 12.0 Å². The van der Waals surface area contributed by atoms with Gasteiger partial charge in [-0.25, -0.2) is 9.78 Å². The van der Waals surface area contributed by atoms with Crippen LogP contribution in [-0.2, 0) is 11.2 Å². The van der Waals surface area contributed by atoms with Crippen molar-refractivity contribution in [3.63, 3.8) is 0 Å². The molecule has 0 aliphatic heterocycles. The highest BCUT2D eigenvalue weighted by Gasteiger charge is 2.34. The highest BCUT2D eigenvalue weighted by molar-refractivity contribution is 9.10. The van der Waals surface area contributed by atoms with Crippen molar-refractivity contribution in [1.29, 1.82) is 0 Å². The predicted molar refractivity (Wildman–Crippen MR) is 138 cm³/mol. The normalized spacial score (nSPS) is 15.6. The van der Waals surface area contributed by atoms with Crippen molar-refractivity contribution < 1.29 is 14.3 Å². The Bertz CT molecular complexity index is 1080. The summed E-state index contributed by atoms with van der Waals surface area (Å²) >= 11 is 9.95. The van der Waals surface area contributed by atoms with Crippen molar-refractivity contribution in [3.8, 4) is 5.75 Å². The molecular weight excluding hydrogens is 520 g/mol. The van der Waals surface area contributed by atoms with E-state index in [2.05, 4.69) is 48.6 Å². The van der Waals surface area contributed by atoms with Crippen molar-refractivity contribution in [1.82, 2.24) is 9.55 Å². The van der Waals surface area contributed by atoms with Crippen LogP contribution in [-0.4, -0.2) is 28.7 Å². The summed E-state index contributed by atoms with van der Waals surface area (Å²) < 4.78 is 13.7. The Balaban J connectivity index is 1.95. The topological polar surface area (TPSA) is 70.4 Å². The van der Waals surface area contributed by atoms with Gasteiger partial charge in [-0.3, -0.25) is 4.79 Å². The minimum absolute atomic E-state index is 0.0344. The van der Waals surface area contributed by atoms with Gasteiger partial charge in [0.15, 0.2) is 16.3 Å². The van der Waals surface area contributed by atoms with Crippen LogP contribution in [0, 0.1) is 17.3 Å². The van der Waals surface area contributed by atoms with Crippen molar-refractivity contribution >= 4 is 33.5 Å². The highest BCUT2D eigenvalue weighted by Crippen LogP contribution is 2.41. The van der Waals surface area contributed by atoms with Gasteiger partial charge in [-0.1, -0.05) is 39.3 Å². The van der Waals surface area contributed by atoms with Gasteiger partial charge >= 0.3 is 5.97 Å². The number of aromatic nitrogens is 2. The molecular formula is C26H34BrClN2O4. The summed E-state index contributed by atoms with van der Waals surface area (Å²) in [5.41, 5.74) is 0.655. The summed E-state index contributed by atoms with van der Waals surface area (Å²) in [4.78, 5) is 29.1. The van der Waals surface area contributed by atoms with Crippen LogP contribution in [0.1, 0.15) is 75.8 Å². The molecule has 1 aliphatic carbocycles. The lowest BCUT2D eigenvalue weighted by molar-refractivity contribution is 0.0523. The van der Waals surface area contributed by atoms with Crippen LogP contribution < -0.4 is 10.2 Å². The second-order valence-corrected chi connectivity index (χ2v) is 11.1. The molecule has 1 aliphatic rings. The van der Waals surface area contributed by atoms with E-state index >= 15 is 0 Å². The summed E-state index contributed by atoms with van der Waals surface area (Å²) in [5, 5.41) is 0.357. The van der Waals surface area contributed by atoms with Gasteiger partial charge in [0.05, 0.1) is 13.2 Å². The number of esters is 1. The molecule has 6 nitrogen and oxygen atoms in total. The second kappa shape index (κ2) is 11.3. The number of ether oxygens (including phenoxy) is 2. The molecule has 3 rings (SSSR count). The van der Waals surface area contributed by atoms with Crippen molar-refractivity contribution in [3.05, 3.63) is 55.6 Å². The number of hydrogen-bond acceptors (Lipinski definition) is 5. The van der Waals surface area contributed by atoms with E-state index in [4.69, 9.17) is 21.1 Å². The molecule has 0 aromatic carbocycles. The van der Waals surface area contributed by atoms with E-state index in [9.17, 15) is 9.59 Å². The number of carbonyl (C=O) groups is 1. The van der Waals surface area contributed by atoms with Crippen molar-refractivity contribution in [2.75, 3.05) is 13.2 Å². The minimum atomic E-state index is -0.592. The van der Waals surface area contributed by atoms with Crippen LogP contribution in [0.4, 0.5) is 0 Å². The molecule has 1 saturated carbocycles. The molecule has 8 heteroatoms. The lowest BCUT2D eigenvalue weighted by atomic mass is 9.72. The van der Waals surface area contributed by atoms with Gasteiger partial charge in [-0.15, -0.1) is 0 Å². The average molecular weight is 554 g/mol. The van der Waals surface area contributed by atoms with Gasteiger partial charge in [0.2, 0.25) is 0 Å². The zero-order chi connectivity index (χ0) is 25.0. The van der Waals surface area contributed by atoms with Gasteiger partial charge in [-0.2, -0.15) is 0 Å². The first kappa shape index (κ1) is 26.7. The average Bonchev–Trinajstić information content (AvgIpc) is 3.59. The molecule has 0 spiro atoms. The first-order valence-electron chi connectivity index (χ1n) is 11.9. The zero-order valence-corrected chi connectivity index (χ0v) is 22.9. The smallest absolute Gasteiger partial charge is 0.343 e. The molecule has 34 heavy (non-hydrogen) atoms. The lowest BCUT2D eigenvalue weighted by Crippen LogP contribution is -2.33. The van der Waals surface area contributed by atoms with Crippen LogP contribution in [0.2, 0.25) is 5.15 Å². The SMILES string of the molecule is CCOC(=O)c1cn(C(CC)C(Cc2cc(OCC3CC3)c(Cl)nc2Br)C(C)(C)C)ccc1=O. The molecule has 1 fully saturated rings. The van der Waals surface area contributed by atoms with E-state index < -0.39 is 5.97 Å². The Morgan fingerprint density at radius 3 is 2.62 bits per heavy atom. The monoisotopic (exact) mass is 552 g/mol. The fourth-order valence-electron chi connectivity index (χ4n) is 4.25. The molecule has 2 atom stereocenters. The predicted octanol–water partition coefficient (Wildman–Crippen LogP) is 6.48. The van der Waals surface area contributed by atoms with Gasteiger partial charge < -0.3 is 14.0 Å². The molecule has 0 amide bonds. The molecule has 2 unspecified atom stereocenters. The standard InChI is InChI=1S/C26H34BrClN2O4/c1-6-20(30-11-10-21(31)18(14-30)25(32)33-7-2)19(26(3,4)5)12-17-13-22(24(28)29-23(17)27)34-15-16-8-9-16/h10-11,13-14,16,19-20H,6-9,12,15H2,1-5H3. The van der Waals surface area contributed by atoms with Gasteiger partial charge in [0, 0.05) is 24.5 Å². The zero-order valence-electron chi connectivity index (χ0n) is 20.6. The van der Waals surface area contributed by atoms with Gasteiger partial charge in [-0.05, 0) is 77.4 Å². The van der Waals surface area contributed by atoms with E-state index in [-0.39, 0.29) is 35.0 Å². The van der Waals surface area contributed by atoms with E-state index in [1.54, 1.807) is 19.3 Å². The fourth-order valence-corrected chi connectivity index (χ4v) is 5.00. The number of nitrogens with zero attached hydrogens (tertiary/aromatic N) is 2. The first-order valence-corrected chi connectivity index (χ1v) is 13.1. The Morgan fingerprint density at radius 2 is 2.03 bits per heavy atom. The largest absolute Gasteiger partial charge is 0.490 e. The molecule has 186 valence electrons. The number of carbonyl (C=O) groups excluding carboxylic acids is 1. The first-order chi connectivity index (χ1) is 16.0. The van der Waals surface area contributed by atoms with Crippen LogP contribution in [0.5, 0.6) is 5.75 Å². The summed E-state index contributed by atoms with van der Waals surface area (Å²) in [6, 6.07) is 3.47. The van der Waals surface area contributed by atoms with Gasteiger partial charge in [0.1, 0.15) is 10.2 Å². The van der Waals surface area contributed by atoms with Crippen molar-refractivity contribution in [2.24, 2.45) is 17.3 Å². The van der Waals surface area contributed by atoms with Crippen LogP contribution in [0.3, 0.4) is 0 Å². The maximum Gasteiger partial charge on any atom is 0.343 e. The van der Waals surface area contributed by atoms with Crippen LogP contribution in [0.15, 0.2) is 33.9 Å². The Kier molecular flexibility index (Phi) is 8.85. The summed E-state index contributed by atoms with van der Waals surface area (Å²) in [5.74, 6) is 0.793. The number of pyridine rings is 2. The maximum absolute atomic E-state index is 12.3. The highest BCUT2D eigenvalue weighted by atomic mass is 79.9. The molecule has 2 aromatic heterocycles. The fraction of sp³-hybridized carbons (Fsp3) is 0.577. The van der Waals surface area contributed by atoms with E-state index in [1.807, 2.05) is 10.6 Å². The summed E-state index contributed by atoms with van der Waals surface area (Å²) in [7, 11) is 0. The summed E-state index contributed by atoms with van der Waals surface area (Å²) in [6.07, 6.45) is 7.33. The Morgan fingerprint density at radius 1 is 1.32 bits per heavy atom. The second-order valence-electron chi connectivity index (χ2n) is 10.0. The Hall–Kier alpha value is -1.86. The third-order valence-corrected chi connectivity index (χ3v) is 7.35. The lowest BCUT2D eigenvalue weighted by Gasteiger charge is -2.38. The van der Waals surface area contributed by atoms with Crippen LogP contribution >= 0.6 is 27.5 Å². The molecule has 0 bridgehead atoms. The molecule has 0 N–H and O–H groups in total. The minimum Gasteiger partial charge on any atom is -0.490 e. The summed E-state index contributed by atoms with van der Waals surface area (Å²) in [6.45, 7) is 11.3. The number of hydrogen-bond donors (Lipinski definition) is 0. The number of rotatable bonds is 10. The maximum atomic E-state index is 12.3. The third kappa shape index (κ3) is 6.63. The van der Waals surface area contributed by atoms with Crippen LogP contribution in [0.25, 0.3) is 0 Å². The molecule has 2 heterocycles. The Labute approximate surface area is 215 Å². The quantitative estimate of drug-likeness (QED) is 0.249. The van der Waals surface area contributed by atoms with Crippen molar-refractivity contribution in [2.45, 2.75) is 66.3 Å². The van der Waals surface area contributed by atoms with E-state index in [1.165, 1.54) is 18.9 Å². The third-order valence-electron chi connectivity index (χ3n) is 6.40.